The first-order valence-corrected chi connectivity index (χ1v) is 7.23. The maximum Gasteiger partial charge on any atom is 0.218 e. The average Bonchev–Trinajstić information content (AvgIpc) is 2.79. The molecular weight excluding hydrogens is 234 g/mol. The lowest BCUT2D eigenvalue weighted by atomic mass is 10.1. The number of ether oxygens (including phenoxy) is 1. The van der Waals surface area contributed by atoms with Crippen molar-refractivity contribution in [2.75, 3.05) is 30.0 Å². The van der Waals surface area contributed by atoms with E-state index >= 15 is 0 Å². The van der Waals surface area contributed by atoms with Crippen molar-refractivity contribution in [1.29, 1.82) is 0 Å². The first-order chi connectivity index (χ1) is 8.28. The fraction of sp³-hybridized carbons (Fsp3) is 0.667. The van der Waals surface area contributed by atoms with Crippen LogP contribution < -0.4 is 10.1 Å². The van der Waals surface area contributed by atoms with Crippen LogP contribution in [-0.2, 0) is 0 Å². The van der Waals surface area contributed by atoms with Crippen LogP contribution in [0.5, 0.6) is 5.88 Å². The van der Waals surface area contributed by atoms with Gasteiger partial charge >= 0.3 is 0 Å². The number of hydrogen-bond acceptors (Lipinski definition) is 5. The third kappa shape index (κ3) is 3.77. The molecule has 1 unspecified atom stereocenters. The van der Waals surface area contributed by atoms with Crippen LogP contribution in [0, 0.1) is 12.8 Å². The molecule has 1 saturated heterocycles. The fourth-order valence-electron chi connectivity index (χ4n) is 1.85. The molecule has 1 atom stereocenters. The number of aryl methyl sites for hydroxylation is 1. The van der Waals surface area contributed by atoms with Crippen molar-refractivity contribution in [2.45, 2.75) is 20.3 Å². The molecule has 1 fully saturated rings. The lowest BCUT2D eigenvalue weighted by Crippen LogP contribution is -2.14. The van der Waals surface area contributed by atoms with Crippen LogP contribution in [0.2, 0.25) is 0 Å². The zero-order valence-corrected chi connectivity index (χ0v) is 11.2. The second-order valence-corrected chi connectivity index (χ2v) is 5.33. The molecule has 2 rings (SSSR count). The molecule has 1 aromatic heterocycles. The molecule has 1 N–H and O–H groups in total. The molecule has 0 amide bonds. The Morgan fingerprint density at radius 1 is 1.53 bits per heavy atom. The Labute approximate surface area is 107 Å². The quantitative estimate of drug-likeness (QED) is 0.873. The third-order valence-electron chi connectivity index (χ3n) is 2.70. The van der Waals surface area contributed by atoms with Gasteiger partial charge in [-0.2, -0.15) is 16.7 Å². The second-order valence-electron chi connectivity index (χ2n) is 4.18. The van der Waals surface area contributed by atoms with Gasteiger partial charge in [-0.05, 0) is 37.7 Å². The fourth-order valence-corrected chi connectivity index (χ4v) is 3.13. The normalized spacial score (nSPS) is 19.3. The van der Waals surface area contributed by atoms with Gasteiger partial charge in [-0.15, -0.1) is 0 Å². The molecule has 0 saturated carbocycles. The highest BCUT2D eigenvalue weighted by Gasteiger charge is 2.15. The van der Waals surface area contributed by atoms with Crippen LogP contribution in [0.1, 0.15) is 19.2 Å². The lowest BCUT2D eigenvalue weighted by Gasteiger charge is -2.12. The van der Waals surface area contributed by atoms with Gasteiger partial charge in [0.25, 0.3) is 0 Å². The largest absolute Gasteiger partial charge is 0.478 e. The first-order valence-electron chi connectivity index (χ1n) is 6.08. The minimum atomic E-state index is 0.634. The van der Waals surface area contributed by atoms with Crippen molar-refractivity contribution >= 4 is 17.6 Å². The van der Waals surface area contributed by atoms with Gasteiger partial charge in [0.05, 0.1) is 6.61 Å². The van der Waals surface area contributed by atoms with Crippen LogP contribution in [0.25, 0.3) is 0 Å². The van der Waals surface area contributed by atoms with E-state index in [0.29, 0.717) is 12.5 Å². The zero-order valence-electron chi connectivity index (χ0n) is 10.4. The summed E-state index contributed by atoms with van der Waals surface area (Å²) in [5.74, 6) is 5.60. The molecule has 2 heterocycles. The van der Waals surface area contributed by atoms with Crippen molar-refractivity contribution in [3.05, 3.63) is 11.9 Å². The highest BCUT2D eigenvalue weighted by atomic mass is 32.2. The van der Waals surface area contributed by atoms with Crippen LogP contribution in [-0.4, -0.2) is 34.6 Å². The maximum atomic E-state index is 5.40. The monoisotopic (exact) mass is 253 g/mol. The zero-order chi connectivity index (χ0) is 12.1. The summed E-state index contributed by atoms with van der Waals surface area (Å²) in [6.45, 7) is 5.48. The average molecular weight is 253 g/mol. The Balaban J connectivity index is 1.94. The molecule has 0 aliphatic carbocycles. The molecule has 0 spiro atoms. The molecule has 1 aromatic rings. The molecular formula is C12H19N3OS. The van der Waals surface area contributed by atoms with E-state index in [1.807, 2.05) is 31.7 Å². The minimum absolute atomic E-state index is 0.634. The van der Waals surface area contributed by atoms with Gasteiger partial charge in [0.15, 0.2) is 0 Å². The highest BCUT2D eigenvalue weighted by molar-refractivity contribution is 7.99. The summed E-state index contributed by atoms with van der Waals surface area (Å²) in [4.78, 5) is 8.59. The standard InChI is InChI=1S/C12H19N3OS/c1-3-16-12-6-11(14-9(2)15-12)13-7-10-4-5-17-8-10/h6,10H,3-5,7-8H2,1-2H3,(H,13,14,15). The van der Waals surface area contributed by atoms with Gasteiger partial charge in [-0.1, -0.05) is 0 Å². The molecule has 0 radical (unpaired) electrons. The summed E-state index contributed by atoms with van der Waals surface area (Å²) in [5.41, 5.74) is 0. The molecule has 17 heavy (non-hydrogen) atoms. The van der Waals surface area contributed by atoms with Gasteiger partial charge < -0.3 is 10.1 Å². The molecule has 1 aliphatic heterocycles. The summed E-state index contributed by atoms with van der Waals surface area (Å²) in [7, 11) is 0. The number of nitrogens with one attached hydrogen (secondary N) is 1. The molecule has 1 aliphatic rings. The van der Waals surface area contributed by atoms with E-state index in [2.05, 4.69) is 15.3 Å². The van der Waals surface area contributed by atoms with Gasteiger partial charge in [0.2, 0.25) is 5.88 Å². The summed E-state index contributed by atoms with van der Waals surface area (Å²) in [5, 5.41) is 3.38. The van der Waals surface area contributed by atoms with E-state index in [4.69, 9.17) is 4.74 Å². The number of nitrogens with zero attached hydrogens (tertiary/aromatic N) is 2. The van der Waals surface area contributed by atoms with Gasteiger partial charge in [-0.3, -0.25) is 0 Å². The number of anilines is 1. The SMILES string of the molecule is CCOc1cc(NCC2CCSC2)nc(C)n1. The van der Waals surface area contributed by atoms with Crippen LogP contribution in [0.4, 0.5) is 5.82 Å². The molecule has 0 aromatic carbocycles. The smallest absolute Gasteiger partial charge is 0.218 e. The maximum absolute atomic E-state index is 5.40. The van der Waals surface area contributed by atoms with Crippen molar-refractivity contribution in [3.8, 4) is 5.88 Å². The van der Waals surface area contributed by atoms with Crippen LogP contribution in [0.15, 0.2) is 6.07 Å². The molecule has 5 heteroatoms. The van der Waals surface area contributed by atoms with Gasteiger partial charge in [0.1, 0.15) is 11.6 Å². The molecule has 0 bridgehead atoms. The Morgan fingerprint density at radius 2 is 2.41 bits per heavy atom. The number of aromatic nitrogens is 2. The summed E-state index contributed by atoms with van der Waals surface area (Å²) < 4.78 is 5.40. The predicted octanol–water partition coefficient (Wildman–Crippen LogP) is 2.35. The van der Waals surface area contributed by atoms with Crippen LogP contribution >= 0.6 is 11.8 Å². The van der Waals surface area contributed by atoms with Crippen molar-refractivity contribution in [3.63, 3.8) is 0 Å². The van der Waals surface area contributed by atoms with Crippen molar-refractivity contribution in [2.24, 2.45) is 5.92 Å². The van der Waals surface area contributed by atoms with E-state index in [0.717, 1.165) is 24.1 Å². The van der Waals surface area contributed by atoms with E-state index in [-0.39, 0.29) is 0 Å². The van der Waals surface area contributed by atoms with E-state index in [1.54, 1.807) is 0 Å². The third-order valence-corrected chi connectivity index (χ3v) is 3.93. The summed E-state index contributed by atoms with van der Waals surface area (Å²) >= 11 is 2.03. The second kappa shape index (κ2) is 6.10. The van der Waals surface area contributed by atoms with Crippen molar-refractivity contribution < 1.29 is 4.74 Å². The van der Waals surface area contributed by atoms with E-state index in [1.165, 1.54) is 17.9 Å². The Bertz CT molecular complexity index is 367. The Kier molecular flexibility index (Phi) is 4.48. The number of rotatable bonds is 5. The van der Waals surface area contributed by atoms with E-state index in [9.17, 15) is 0 Å². The predicted molar refractivity (Wildman–Crippen MR) is 71.9 cm³/mol. The number of thioether (sulfide) groups is 1. The minimum Gasteiger partial charge on any atom is -0.478 e. The topological polar surface area (TPSA) is 47.0 Å². The van der Waals surface area contributed by atoms with Crippen molar-refractivity contribution in [1.82, 2.24) is 9.97 Å². The summed E-state index contributed by atoms with van der Waals surface area (Å²) in [6.07, 6.45) is 1.31. The highest BCUT2D eigenvalue weighted by Crippen LogP contribution is 2.23. The molecule has 4 nitrogen and oxygen atoms in total. The van der Waals surface area contributed by atoms with Crippen LogP contribution in [0.3, 0.4) is 0 Å². The molecule has 94 valence electrons. The summed E-state index contributed by atoms with van der Waals surface area (Å²) in [6, 6.07) is 1.87. The lowest BCUT2D eigenvalue weighted by molar-refractivity contribution is 0.325. The first kappa shape index (κ1) is 12.5. The van der Waals surface area contributed by atoms with Gasteiger partial charge in [0, 0.05) is 12.6 Å². The van der Waals surface area contributed by atoms with E-state index < -0.39 is 0 Å². The Morgan fingerprint density at radius 3 is 3.12 bits per heavy atom. The Hall–Kier alpha value is -0.970. The van der Waals surface area contributed by atoms with Gasteiger partial charge in [-0.25, -0.2) is 4.98 Å². The number of hydrogen-bond donors (Lipinski definition) is 1.